The molecule has 0 spiro atoms. The zero-order valence-corrected chi connectivity index (χ0v) is 13.1. The molecule has 0 saturated heterocycles. The van der Waals surface area contributed by atoms with E-state index in [2.05, 4.69) is 4.98 Å². The molecule has 0 amide bonds. The molecule has 1 atom stereocenters. The molecular weight excluding hydrogens is 303 g/mol. The highest BCUT2D eigenvalue weighted by molar-refractivity contribution is 5.65. The molecule has 122 valence electrons. The number of aromatic nitrogens is 1. The fourth-order valence-electron chi connectivity index (χ4n) is 2.72. The first-order chi connectivity index (χ1) is 10.8. The Balaban J connectivity index is 1.73. The molecule has 23 heavy (non-hydrogen) atoms. The Bertz CT molecular complexity index is 710. The van der Waals surface area contributed by atoms with Crippen molar-refractivity contribution >= 4 is 0 Å². The van der Waals surface area contributed by atoms with Crippen LogP contribution in [0.2, 0.25) is 0 Å². The van der Waals surface area contributed by atoms with Crippen molar-refractivity contribution in [2.45, 2.75) is 32.6 Å². The van der Waals surface area contributed by atoms with E-state index in [1.165, 1.54) is 12.1 Å². The summed E-state index contributed by atoms with van der Waals surface area (Å²) in [6.45, 7) is 3.92. The van der Waals surface area contributed by atoms with Crippen LogP contribution < -0.4 is 4.74 Å². The highest BCUT2D eigenvalue weighted by Crippen LogP contribution is 2.50. The van der Waals surface area contributed by atoms with Gasteiger partial charge in [0.1, 0.15) is 11.6 Å². The predicted molar refractivity (Wildman–Crippen MR) is 82.3 cm³/mol. The van der Waals surface area contributed by atoms with Gasteiger partial charge in [0.25, 0.3) is 5.92 Å². The van der Waals surface area contributed by atoms with Crippen molar-refractivity contribution in [1.82, 2.24) is 4.98 Å². The van der Waals surface area contributed by atoms with Crippen molar-refractivity contribution < 1.29 is 17.9 Å². The molecule has 0 radical (unpaired) electrons. The van der Waals surface area contributed by atoms with Gasteiger partial charge >= 0.3 is 0 Å². The van der Waals surface area contributed by atoms with E-state index in [9.17, 15) is 13.2 Å². The lowest BCUT2D eigenvalue weighted by Gasteiger charge is -2.10. The first-order valence-electron chi connectivity index (χ1n) is 7.60. The van der Waals surface area contributed by atoms with Crippen LogP contribution in [0.5, 0.6) is 5.75 Å². The minimum absolute atomic E-state index is 0.0691. The van der Waals surface area contributed by atoms with Crippen molar-refractivity contribution in [2.24, 2.45) is 5.92 Å². The Morgan fingerprint density at radius 1 is 1.09 bits per heavy atom. The molecule has 2 aromatic rings. The summed E-state index contributed by atoms with van der Waals surface area (Å²) < 4.78 is 44.9. The van der Waals surface area contributed by atoms with Gasteiger partial charge < -0.3 is 4.74 Å². The molecule has 1 fully saturated rings. The second-order valence-corrected chi connectivity index (χ2v) is 6.11. The number of hydrogen-bond donors (Lipinski definition) is 0. The van der Waals surface area contributed by atoms with Gasteiger partial charge in [-0.1, -0.05) is 0 Å². The molecule has 1 aromatic heterocycles. The molecule has 1 unspecified atom stereocenters. The number of ether oxygens (including phenoxy) is 1. The highest BCUT2D eigenvalue weighted by atomic mass is 19.3. The van der Waals surface area contributed by atoms with Gasteiger partial charge in [-0.2, -0.15) is 0 Å². The predicted octanol–water partition coefficient (Wildman–Crippen LogP) is 4.93. The lowest BCUT2D eigenvalue weighted by molar-refractivity contribution is 0.0930. The average Bonchev–Trinajstić information content (AvgIpc) is 3.04. The maximum atomic E-state index is 13.8. The van der Waals surface area contributed by atoms with Gasteiger partial charge in [0.05, 0.1) is 6.61 Å². The number of nitrogens with zero attached hydrogens (tertiary/aromatic N) is 1. The largest absolute Gasteiger partial charge is 0.493 e. The van der Waals surface area contributed by atoms with Gasteiger partial charge in [0.15, 0.2) is 0 Å². The van der Waals surface area contributed by atoms with Gasteiger partial charge in [-0.25, -0.2) is 13.2 Å². The Hall–Kier alpha value is -2.04. The summed E-state index contributed by atoms with van der Waals surface area (Å²) in [7, 11) is 0. The second kappa shape index (κ2) is 5.87. The van der Waals surface area contributed by atoms with Gasteiger partial charge in [-0.15, -0.1) is 0 Å². The third-order valence-corrected chi connectivity index (χ3v) is 3.98. The monoisotopic (exact) mass is 321 g/mol. The number of hydrogen-bond acceptors (Lipinski definition) is 2. The van der Waals surface area contributed by atoms with E-state index in [-0.39, 0.29) is 19.4 Å². The van der Waals surface area contributed by atoms with Crippen LogP contribution in [-0.4, -0.2) is 17.5 Å². The van der Waals surface area contributed by atoms with E-state index >= 15 is 0 Å². The summed E-state index contributed by atoms with van der Waals surface area (Å²) in [6.07, 6.45) is 0.215. The van der Waals surface area contributed by atoms with E-state index in [1.807, 2.05) is 26.0 Å². The van der Waals surface area contributed by atoms with E-state index in [0.717, 1.165) is 17.0 Å². The number of aryl methyl sites for hydroxylation is 2. The average molecular weight is 321 g/mol. The fraction of sp³-hybridized carbons (Fsp3) is 0.389. The van der Waals surface area contributed by atoms with E-state index in [1.54, 1.807) is 6.07 Å². The topological polar surface area (TPSA) is 22.1 Å². The minimum atomic E-state index is -2.54. The van der Waals surface area contributed by atoms with Crippen LogP contribution >= 0.6 is 0 Å². The summed E-state index contributed by atoms with van der Waals surface area (Å²) in [6, 6.07) is 8.17. The smallest absolute Gasteiger partial charge is 0.251 e. The van der Waals surface area contributed by atoms with Crippen molar-refractivity contribution in [3.05, 3.63) is 47.5 Å². The van der Waals surface area contributed by atoms with Crippen molar-refractivity contribution in [3.8, 4) is 16.9 Å². The summed E-state index contributed by atoms with van der Waals surface area (Å²) in [5, 5.41) is 0. The van der Waals surface area contributed by atoms with E-state index < -0.39 is 17.7 Å². The Labute approximate surface area is 133 Å². The SMILES string of the molecule is Cc1cc(-c2cc(F)cc(OCCC3CC3(F)F)c2)cc(C)n1. The van der Waals surface area contributed by atoms with Gasteiger partial charge in [0.2, 0.25) is 0 Å². The van der Waals surface area contributed by atoms with Crippen LogP contribution in [-0.2, 0) is 0 Å². The van der Waals surface area contributed by atoms with E-state index in [0.29, 0.717) is 11.3 Å². The van der Waals surface area contributed by atoms with Crippen LogP contribution in [0.15, 0.2) is 30.3 Å². The van der Waals surface area contributed by atoms with Crippen LogP contribution in [0.1, 0.15) is 24.2 Å². The molecule has 5 heteroatoms. The molecular formula is C18H18F3NO. The summed E-state index contributed by atoms with van der Waals surface area (Å²) in [4.78, 5) is 4.30. The Kier molecular flexibility index (Phi) is 4.04. The van der Waals surface area contributed by atoms with Gasteiger partial charge in [-0.05, 0) is 55.7 Å². The number of rotatable bonds is 5. The number of pyridine rings is 1. The summed E-state index contributed by atoms with van der Waals surface area (Å²) >= 11 is 0. The van der Waals surface area contributed by atoms with Crippen molar-refractivity contribution in [1.29, 1.82) is 0 Å². The van der Waals surface area contributed by atoms with Crippen LogP contribution in [0.25, 0.3) is 11.1 Å². The number of halogens is 3. The molecule has 2 nitrogen and oxygen atoms in total. The second-order valence-electron chi connectivity index (χ2n) is 6.11. The molecule has 0 aliphatic heterocycles. The first-order valence-corrected chi connectivity index (χ1v) is 7.60. The molecule has 1 heterocycles. The standard InChI is InChI=1S/C18H18F3NO/c1-11-5-13(6-12(2)22-11)14-7-16(19)9-17(8-14)23-4-3-15-10-18(15,20)21/h5-9,15H,3-4,10H2,1-2H3. The third kappa shape index (κ3) is 3.84. The molecule has 1 aliphatic carbocycles. The molecule has 1 aromatic carbocycles. The lowest BCUT2D eigenvalue weighted by atomic mass is 10.0. The summed E-state index contributed by atoms with van der Waals surface area (Å²) in [5.41, 5.74) is 3.24. The fourth-order valence-corrected chi connectivity index (χ4v) is 2.72. The van der Waals surface area contributed by atoms with Crippen LogP contribution in [0.4, 0.5) is 13.2 Å². The maximum Gasteiger partial charge on any atom is 0.251 e. The van der Waals surface area contributed by atoms with Crippen molar-refractivity contribution in [2.75, 3.05) is 6.61 Å². The molecule has 3 rings (SSSR count). The van der Waals surface area contributed by atoms with Crippen LogP contribution in [0, 0.1) is 25.6 Å². The minimum Gasteiger partial charge on any atom is -0.493 e. The molecule has 0 N–H and O–H groups in total. The zero-order valence-electron chi connectivity index (χ0n) is 13.1. The summed E-state index contributed by atoms with van der Waals surface area (Å²) in [5.74, 6) is -3.19. The highest BCUT2D eigenvalue weighted by Gasteiger charge is 2.56. The lowest BCUT2D eigenvalue weighted by Crippen LogP contribution is -2.02. The number of alkyl halides is 2. The third-order valence-electron chi connectivity index (χ3n) is 3.98. The van der Waals surface area contributed by atoms with Gasteiger partial charge in [-0.3, -0.25) is 4.98 Å². The zero-order chi connectivity index (χ0) is 16.6. The Morgan fingerprint density at radius 2 is 1.70 bits per heavy atom. The molecule has 0 bridgehead atoms. The Morgan fingerprint density at radius 3 is 2.30 bits per heavy atom. The van der Waals surface area contributed by atoms with Crippen LogP contribution in [0.3, 0.4) is 0 Å². The van der Waals surface area contributed by atoms with Crippen molar-refractivity contribution in [3.63, 3.8) is 0 Å². The number of benzene rings is 1. The normalized spacial score (nSPS) is 18.7. The van der Waals surface area contributed by atoms with Gasteiger partial charge in [0, 0.05) is 29.8 Å². The quantitative estimate of drug-likeness (QED) is 0.779. The maximum absolute atomic E-state index is 13.8. The molecule has 1 saturated carbocycles. The first kappa shape index (κ1) is 15.8. The molecule has 1 aliphatic rings. The van der Waals surface area contributed by atoms with E-state index in [4.69, 9.17) is 4.74 Å².